The zero-order valence-electron chi connectivity index (χ0n) is 17.0. The lowest BCUT2D eigenvalue weighted by atomic mass is 10.2. The van der Waals surface area contributed by atoms with E-state index >= 15 is 0 Å². The van der Waals surface area contributed by atoms with Gasteiger partial charge in [0.2, 0.25) is 6.29 Å². The molecule has 1 atom stereocenters. The first-order chi connectivity index (χ1) is 13.7. The molecule has 0 N–H and O–H groups in total. The summed E-state index contributed by atoms with van der Waals surface area (Å²) in [6, 6.07) is 23.7. The summed E-state index contributed by atoms with van der Waals surface area (Å²) in [5.41, 5.74) is 2.19. The Bertz CT molecular complexity index is 824. The fraction of sp³-hybridized carbons (Fsp3) is 0.348. The van der Waals surface area contributed by atoms with Crippen LogP contribution >= 0.6 is 0 Å². The molecule has 0 aliphatic heterocycles. The first kappa shape index (κ1) is 20.5. The topological polar surface area (TPSA) is 36.3 Å². The second-order valence-corrected chi connectivity index (χ2v) is 11.7. The lowest BCUT2D eigenvalue weighted by Crippen LogP contribution is -2.38. The van der Waals surface area contributed by atoms with Crippen LogP contribution in [0.1, 0.15) is 38.4 Å². The molecule has 148 valence electrons. The zero-order valence-corrected chi connectivity index (χ0v) is 18.0. The molecule has 2 aromatic carbocycles. The highest BCUT2D eigenvalue weighted by Crippen LogP contribution is 2.31. The minimum Gasteiger partial charge on any atom is -0.387 e. The van der Waals surface area contributed by atoms with Crippen molar-refractivity contribution in [2.45, 2.75) is 51.8 Å². The average Bonchev–Trinajstić information content (AvgIpc) is 3.26. The van der Waals surface area contributed by atoms with Crippen LogP contribution in [0.4, 0.5) is 0 Å². The molecule has 0 spiro atoms. The van der Waals surface area contributed by atoms with E-state index in [2.05, 4.69) is 54.6 Å². The van der Waals surface area contributed by atoms with Gasteiger partial charge in [0.05, 0.1) is 6.61 Å². The Labute approximate surface area is 169 Å². The van der Waals surface area contributed by atoms with Gasteiger partial charge in [0, 0.05) is 18.1 Å². The molecule has 1 heterocycles. The predicted molar refractivity (Wildman–Crippen MR) is 116 cm³/mol. The van der Waals surface area contributed by atoms with Gasteiger partial charge in [0.1, 0.15) is 0 Å². The number of benzene rings is 2. The fourth-order valence-corrected chi connectivity index (χ4v) is 6.06. The van der Waals surface area contributed by atoms with Gasteiger partial charge in [-0.25, -0.2) is 4.98 Å². The van der Waals surface area contributed by atoms with E-state index in [1.807, 2.05) is 48.8 Å². The van der Waals surface area contributed by atoms with Crippen molar-refractivity contribution in [3.8, 4) is 5.69 Å². The van der Waals surface area contributed by atoms with E-state index in [4.69, 9.17) is 9.16 Å². The number of aromatic nitrogens is 2. The molecular weight excluding hydrogens is 364 g/mol. The number of para-hydroxylation sites is 1. The summed E-state index contributed by atoms with van der Waals surface area (Å²) >= 11 is 0. The Hall–Kier alpha value is -2.21. The molecule has 4 nitrogen and oxygen atoms in total. The Balaban J connectivity index is 1.91. The van der Waals surface area contributed by atoms with Crippen LogP contribution in [0.2, 0.25) is 18.1 Å². The molecule has 0 saturated heterocycles. The molecule has 0 fully saturated rings. The molecule has 28 heavy (non-hydrogen) atoms. The Morgan fingerprint density at radius 1 is 0.893 bits per heavy atom. The van der Waals surface area contributed by atoms with Crippen molar-refractivity contribution in [2.75, 3.05) is 0 Å². The number of hydrogen-bond donors (Lipinski definition) is 0. The lowest BCUT2D eigenvalue weighted by Gasteiger charge is -2.33. The lowest BCUT2D eigenvalue weighted by molar-refractivity contribution is -0.106. The van der Waals surface area contributed by atoms with Crippen molar-refractivity contribution in [3.05, 3.63) is 84.4 Å². The van der Waals surface area contributed by atoms with Crippen LogP contribution in [-0.2, 0) is 15.8 Å². The summed E-state index contributed by atoms with van der Waals surface area (Å²) in [6.45, 7) is 7.19. The van der Waals surface area contributed by atoms with Crippen LogP contribution in [0, 0.1) is 0 Å². The van der Waals surface area contributed by atoms with Crippen LogP contribution in [0.5, 0.6) is 0 Å². The summed E-state index contributed by atoms with van der Waals surface area (Å²) in [5, 5.41) is 0. The van der Waals surface area contributed by atoms with Gasteiger partial charge in [-0.05, 0) is 35.8 Å². The van der Waals surface area contributed by atoms with E-state index in [1.165, 1.54) is 0 Å². The van der Waals surface area contributed by atoms with Crippen LogP contribution < -0.4 is 0 Å². The van der Waals surface area contributed by atoms with Gasteiger partial charge in [-0.1, -0.05) is 69.3 Å². The second-order valence-electron chi connectivity index (χ2n) is 6.98. The van der Waals surface area contributed by atoms with E-state index in [0.717, 1.165) is 35.2 Å². The SMILES string of the molecule is CC[Si](CC)(CC)OC(OCc1ccccc1)c1nccn1-c1ccccc1. The highest BCUT2D eigenvalue weighted by atomic mass is 28.4. The molecule has 1 aromatic heterocycles. The van der Waals surface area contributed by atoms with Gasteiger partial charge < -0.3 is 9.16 Å². The van der Waals surface area contributed by atoms with Gasteiger partial charge in [-0.15, -0.1) is 0 Å². The van der Waals surface area contributed by atoms with E-state index in [0.29, 0.717) is 6.61 Å². The quantitative estimate of drug-likeness (QED) is 0.307. The van der Waals surface area contributed by atoms with Crippen LogP contribution in [0.25, 0.3) is 5.69 Å². The molecule has 5 heteroatoms. The first-order valence-corrected chi connectivity index (χ1v) is 12.7. The Morgan fingerprint density at radius 2 is 1.50 bits per heavy atom. The van der Waals surface area contributed by atoms with Crippen LogP contribution in [0.3, 0.4) is 0 Å². The molecule has 0 aliphatic rings. The monoisotopic (exact) mass is 394 g/mol. The van der Waals surface area contributed by atoms with Crippen LogP contribution in [-0.4, -0.2) is 17.9 Å². The maximum absolute atomic E-state index is 6.75. The highest BCUT2D eigenvalue weighted by molar-refractivity contribution is 6.73. The fourth-order valence-electron chi connectivity index (χ4n) is 3.43. The summed E-state index contributed by atoms with van der Waals surface area (Å²) < 4.78 is 15.1. The van der Waals surface area contributed by atoms with E-state index in [9.17, 15) is 0 Å². The number of ether oxygens (including phenoxy) is 1. The molecule has 0 amide bonds. The Kier molecular flexibility index (Phi) is 7.20. The number of rotatable bonds is 10. The second kappa shape index (κ2) is 9.82. The minimum atomic E-state index is -1.88. The summed E-state index contributed by atoms with van der Waals surface area (Å²) in [5.74, 6) is 0.800. The van der Waals surface area contributed by atoms with Gasteiger partial charge in [0.15, 0.2) is 14.1 Å². The molecule has 0 bridgehead atoms. The largest absolute Gasteiger partial charge is 0.387 e. The molecule has 3 aromatic rings. The van der Waals surface area contributed by atoms with Crippen molar-refractivity contribution in [2.24, 2.45) is 0 Å². The standard InChI is InChI=1S/C23H30N2O2Si/c1-4-28(5-2,6-3)27-23(26-19-20-13-9-7-10-14-20)22-24-17-18-25(22)21-15-11-8-12-16-21/h7-18,23H,4-6,19H2,1-3H3. The molecule has 0 radical (unpaired) electrons. The molecule has 3 rings (SSSR count). The molecular formula is C23H30N2O2Si. The van der Waals surface area contributed by atoms with Crippen LogP contribution in [0.15, 0.2) is 73.1 Å². The van der Waals surface area contributed by atoms with E-state index in [-0.39, 0.29) is 0 Å². The third-order valence-corrected chi connectivity index (χ3v) is 10.0. The summed E-state index contributed by atoms with van der Waals surface area (Å²) in [7, 11) is -1.88. The maximum Gasteiger partial charge on any atom is 0.208 e. The highest BCUT2D eigenvalue weighted by Gasteiger charge is 2.34. The summed E-state index contributed by atoms with van der Waals surface area (Å²) in [4.78, 5) is 4.63. The predicted octanol–water partition coefficient (Wildman–Crippen LogP) is 6.11. The van der Waals surface area contributed by atoms with E-state index < -0.39 is 14.6 Å². The smallest absolute Gasteiger partial charge is 0.208 e. The first-order valence-electron chi connectivity index (χ1n) is 10.1. The number of hydrogen-bond acceptors (Lipinski definition) is 3. The molecule has 0 aliphatic carbocycles. The van der Waals surface area contributed by atoms with Gasteiger partial charge in [0.25, 0.3) is 0 Å². The molecule has 1 unspecified atom stereocenters. The van der Waals surface area contributed by atoms with Crippen molar-refractivity contribution in [3.63, 3.8) is 0 Å². The third-order valence-electron chi connectivity index (χ3n) is 5.45. The van der Waals surface area contributed by atoms with Crippen molar-refractivity contribution in [1.29, 1.82) is 0 Å². The maximum atomic E-state index is 6.75. The third kappa shape index (κ3) is 4.79. The van der Waals surface area contributed by atoms with Gasteiger partial charge in [-0.2, -0.15) is 0 Å². The van der Waals surface area contributed by atoms with Crippen molar-refractivity contribution in [1.82, 2.24) is 9.55 Å². The normalized spacial score (nSPS) is 12.8. The average molecular weight is 395 g/mol. The number of imidazole rings is 1. The van der Waals surface area contributed by atoms with Crippen molar-refractivity contribution < 1.29 is 9.16 Å². The Morgan fingerprint density at radius 3 is 2.11 bits per heavy atom. The summed E-state index contributed by atoms with van der Waals surface area (Å²) in [6.07, 6.45) is 3.30. The molecule has 0 saturated carbocycles. The van der Waals surface area contributed by atoms with Gasteiger partial charge >= 0.3 is 0 Å². The number of nitrogens with zero attached hydrogens (tertiary/aromatic N) is 2. The van der Waals surface area contributed by atoms with E-state index in [1.54, 1.807) is 0 Å². The van der Waals surface area contributed by atoms with Gasteiger partial charge in [-0.3, -0.25) is 4.57 Å². The zero-order chi connectivity index (χ0) is 19.8. The minimum absolute atomic E-state index is 0.484. The van der Waals surface area contributed by atoms with Crippen molar-refractivity contribution >= 4 is 8.32 Å².